The number of carbonyl (C=O) groups excluding carboxylic acids is 4. The van der Waals surface area contributed by atoms with Gasteiger partial charge in [-0.3, -0.25) is 19.2 Å². The first-order valence-corrected chi connectivity index (χ1v) is 13.8. The van der Waals surface area contributed by atoms with Crippen molar-refractivity contribution in [3.05, 3.63) is 108 Å². The van der Waals surface area contributed by atoms with Crippen molar-refractivity contribution < 1.29 is 47.6 Å². The van der Waals surface area contributed by atoms with E-state index in [2.05, 4.69) is 0 Å². The molecule has 0 spiro atoms. The van der Waals surface area contributed by atoms with Crippen molar-refractivity contribution >= 4 is 23.9 Å². The predicted molar refractivity (Wildman–Crippen MR) is 152 cm³/mol. The molecular formula is C33H34O10. The molecule has 226 valence electrons. The lowest BCUT2D eigenvalue weighted by Crippen LogP contribution is -2.64. The number of carbonyl (C=O) groups is 4. The highest BCUT2D eigenvalue weighted by Crippen LogP contribution is 2.44. The zero-order valence-corrected chi connectivity index (χ0v) is 24.3. The van der Waals surface area contributed by atoms with E-state index >= 15 is 0 Å². The van der Waals surface area contributed by atoms with Gasteiger partial charge in [-0.25, -0.2) is 0 Å². The minimum absolute atomic E-state index is 0.378. The maximum atomic E-state index is 12.5. The molecule has 1 aliphatic rings. The lowest BCUT2D eigenvalue weighted by Gasteiger charge is -2.48. The Morgan fingerprint density at radius 1 is 0.581 bits per heavy atom. The lowest BCUT2D eigenvalue weighted by atomic mass is 9.79. The second-order valence-corrected chi connectivity index (χ2v) is 9.96. The van der Waals surface area contributed by atoms with E-state index in [0.29, 0.717) is 16.7 Å². The van der Waals surface area contributed by atoms with Crippen LogP contribution in [-0.2, 0) is 53.2 Å². The van der Waals surface area contributed by atoms with Crippen LogP contribution < -0.4 is 0 Å². The monoisotopic (exact) mass is 590 g/mol. The Balaban J connectivity index is 1.96. The molecule has 0 bridgehead atoms. The van der Waals surface area contributed by atoms with Crippen LogP contribution in [0.1, 0.15) is 44.4 Å². The van der Waals surface area contributed by atoms with Crippen LogP contribution in [0.15, 0.2) is 91.0 Å². The first-order valence-electron chi connectivity index (χ1n) is 13.8. The second-order valence-electron chi connectivity index (χ2n) is 9.96. The third-order valence-corrected chi connectivity index (χ3v) is 6.78. The van der Waals surface area contributed by atoms with E-state index in [1.807, 2.05) is 91.0 Å². The van der Waals surface area contributed by atoms with Gasteiger partial charge in [0.2, 0.25) is 6.29 Å². The van der Waals surface area contributed by atoms with Crippen molar-refractivity contribution in [3.8, 4) is 0 Å². The van der Waals surface area contributed by atoms with Crippen molar-refractivity contribution in [2.45, 2.75) is 64.0 Å². The molecule has 1 aliphatic heterocycles. The third-order valence-electron chi connectivity index (χ3n) is 6.78. The van der Waals surface area contributed by atoms with E-state index in [9.17, 15) is 19.2 Å². The maximum Gasteiger partial charge on any atom is 0.305 e. The number of hydrogen-bond donors (Lipinski definition) is 0. The largest absolute Gasteiger partial charge is 0.463 e. The Labute approximate surface area is 249 Å². The Kier molecular flexibility index (Phi) is 10.3. The zero-order chi connectivity index (χ0) is 31.0. The maximum absolute atomic E-state index is 12.5. The van der Waals surface area contributed by atoms with Gasteiger partial charge in [-0.2, -0.15) is 0 Å². The number of ether oxygens (including phenoxy) is 6. The van der Waals surface area contributed by atoms with Crippen LogP contribution in [0.2, 0.25) is 0 Å². The number of benzene rings is 3. The van der Waals surface area contributed by atoms with E-state index in [0.717, 1.165) is 0 Å². The summed E-state index contributed by atoms with van der Waals surface area (Å²) in [4.78, 5) is 48.8. The minimum atomic E-state index is -1.47. The molecule has 0 radical (unpaired) electrons. The van der Waals surface area contributed by atoms with Gasteiger partial charge < -0.3 is 28.4 Å². The standard InChI is InChI=1S/C33H34O10/c1-21(34)38-20-28-29(39-22(2)35)30(40-23(3)36)31(32(42-28)41-24(4)37)43-33(25-14-8-5-9-15-25,26-16-10-6-11-17-26)27-18-12-7-13-19-27/h5-19,28-32H,20H2,1-4H3/t28-,29-,30+,31+,32-/m1/s1. The van der Waals surface area contributed by atoms with Crippen LogP contribution in [0.5, 0.6) is 0 Å². The van der Waals surface area contributed by atoms with Crippen molar-refractivity contribution in [2.24, 2.45) is 0 Å². The van der Waals surface area contributed by atoms with Crippen molar-refractivity contribution in [3.63, 3.8) is 0 Å². The molecule has 3 aromatic rings. The highest BCUT2D eigenvalue weighted by Gasteiger charge is 2.55. The van der Waals surface area contributed by atoms with Gasteiger partial charge in [0.1, 0.15) is 18.3 Å². The quantitative estimate of drug-likeness (QED) is 0.194. The molecule has 43 heavy (non-hydrogen) atoms. The molecule has 10 nitrogen and oxygen atoms in total. The van der Waals surface area contributed by atoms with Gasteiger partial charge in [0.05, 0.1) is 0 Å². The first-order chi connectivity index (χ1) is 20.6. The molecule has 3 aromatic carbocycles. The van der Waals surface area contributed by atoms with Gasteiger partial charge in [0.15, 0.2) is 18.3 Å². The molecule has 0 aliphatic carbocycles. The smallest absolute Gasteiger partial charge is 0.305 e. The summed E-state index contributed by atoms with van der Waals surface area (Å²) < 4.78 is 35.3. The molecule has 5 atom stereocenters. The highest BCUT2D eigenvalue weighted by molar-refractivity contribution is 5.68. The molecule has 0 saturated carbocycles. The van der Waals surface area contributed by atoms with Crippen LogP contribution in [0, 0.1) is 0 Å². The Bertz CT molecular complexity index is 1300. The van der Waals surface area contributed by atoms with Crippen LogP contribution in [0.4, 0.5) is 0 Å². The summed E-state index contributed by atoms with van der Waals surface area (Å²) in [5, 5.41) is 0. The zero-order valence-electron chi connectivity index (χ0n) is 24.3. The van der Waals surface area contributed by atoms with Crippen LogP contribution in [0.25, 0.3) is 0 Å². The molecule has 10 heteroatoms. The minimum Gasteiger partial charge on any atom is -0.463 e. The van der Waals surface area contributed by atoms with Gasteiger partial charge in [0.25, 0.3) is 0 Å². The van der Waals surface area contributed by atoms with Gasteiger partial charge in [-0.15, -0.1) is 0 Å². The number of esters is 4. The molecule has 4 rings (SSSR count). The van der Waals surface area contributed by atoms with E-state index in [1.165, 1.54) is 27.7 Å². The summed E-state index contributed by atoms with van der Waals surface area (Å²) in [6.07, 6.45) is -6.62. The SMILES string of the molecule is CC(=O)OC[C@H]1O[C@@H](OC(C)=O)[C@@H](OC(c2ccccc2)(c2ccccc2)c2ccccc2)[C@@H](OC(C)=O)[C@@H]1OC(C)=O. The van der Waals surface area contributed by atoms with Crippen LogP contribution in [0.3, 0.4) is 0 Å². The fourth-order valence-corrected chi connectivity index (χ4v) is 5.18. The average Bonchev–Trinajstić information content (AvgIpc) is 2.98. The molecule has 1 saturated heterocycles. The Hall–Kier alpha value is -4.54. The van der Waals surface area contributed by atoms with Gasteiger partial charge in [-0.05, 0) is 16.7 Å². The van der Waals surface area contributed by atoms with E-state index in [1.54, 1.807) is 0 Å². The van der Waals surface area contributed by atoms with E-state index < -0.39 is 60.2 Å². The number of rotatable bonds is 10. The molecule has 1 fully saturated rings. The summed E-state index contributed by atoms with van der Waals surface area (Å²) in [6.45, 7) is 4.40. The predicted octanol–water partition coefficient (Wildman–Crippen LogP) is 4.08. The Morgan fingerprint density at radius 2 is 1.00 bits per heavy atom. The third kappa shape index (κ3) is 7.46. The molecule has 0 unspecified atom stereocenters. The van der Waals surface area contributed by atoms with Crippen molar-refractivity contribution in [1.29, 1.82) is 0 Å². The van der Waals surface area contributed by atoms with E-state index in [-0.39, 0.29) is 6.61 Å². The molecule has 0 aromatic heterocycles. The highest BCUT2D eigenvalue weighted by atomic mass is 16.7. The van der Waals surface area contributed by atoms with E-state index in [4.69, 9.17) is 28.4 Å². The summed E-state index contributed by atoms with van der Waals surface area (Å²) in [6, 6.07) is 28.1. The lowest BCUT2D eigenvalue weighted by molar-refractivity contribution is -0.316. The normalized spacial score (nSPS) is 21.7. The fraction of sp³-hybridized carbons (Fsp3) is 0.333. The average molecular weight is 591 g/mol. The number of hydrogen-bond acceptors (Lipinski definition) is 10. The molecule has 0 N–H and O–H groups in total. The van der Waals surface area contributed by atoms with Gasteiger partial charge >= 0.3 is 23.9 Å². The van der Waals surface area contributed by atoms with Gasteiger partial charge in [0, 0.05) is 27.7 Å². The first kappa shape index (κ1) is 31.4. The summed E-state index contributed by atoms with van der Waals surface area (Å²) in [5.41, 5.74) is 0.767. The summed E-state index contributed by atoms with van der Waals surface area (Å²) in [5.74, 6) is -2.74. The van der Waals surface area contributed by atoms with Crippen LogP contribution in [-0.4, -0.2) is 61.2 Å². The van der Waals surface area contributed by atoms with Crippen molar-refractivity contribution in [1.82, 2.24) is 0 Å². The van der Waals surface area contributed by atoms with Crippen molar-refractivity contribution in [2.75, 3.05) is 6.61 Å². The second kappa shape index (κ2) is 14.1. The van der Waals surface area contributed by atoms with Crippen LogP contribution >= 0.6 is 0 Å². The molecule has 1 heterocycles. The molecular weight excluding hydrogens is 556 g/mol. The summed E-state index contributed by atoms with van der Waals surface area (Å²) >= 11 is 0. The summed E-state index contributed by atoms with van der Waals surface area (Å²) in [7, 11) is 0. The topological polar surface area (TPSA) is 124 Å². The fourth-order valence-electron chi connectivity index (χ4n) is 5.18. The van der Waals surface area contributed by atoms with Gasteiger partial charge in [-0.1, -0.05) is 91.0 Å². The Morgan fingerprint density at radius 3 is 1.40 bits per heavy atom. The molecule has 0 amide bonds.